The molecule has 5 heteroatoms. The molecule has 0 unspecified atom stereocenters. The van der Waals surface area contributed by atoms with Gasteiger partial charge in [-0.15, -0.1) is 0 Å². The fraction of sp³-hybridized carbons (Fsp3) is 0.562. The summed E-state index contributed by atoms with van der Waals surface area (Å²) in [4.78, 5) is 16.3. The van der Waals surface area contributed by atoms with Crippen molar-refractivity contribution >= 4 is 17.3 Å². The second-order valence-corrected chi connectivity index (χ2v) is 5.28. The lowest BCUT2D eigenvalue weighted by Gasteiger charge is -2.26. The molecule has 0 saturated carbocycles. The number of carbonyl (C=O) groups is 1. The molecule has 1 rings (SSSR count). The topological polar surface area (TPSA) is 58.8 Å². The predicted octanol–water partition coefficient (Wildman–Crippen LogP) is 2.22. The molecule has 0 bridgehead atoms. The number of hydrogen-bond acceptors (Lipinski definition) is 5. The monoisotopic (exact) mass is 293 g/mol. The molecule has 0 heterocycles. The van der Waals surface area contributed by atoms with Gasteiger partial charge in [0.25, 0.3) is 0 Å². The van der Waals surface area contributed by atoms with E-state index in [1.807, 2.05) is 12.1 Å². The van der Waals surface area contributed by atoms with Crippen molar-refractivity contribution in [1.82, 2.24) is 4.90 Å². The van der Waals surface area contributed by atoms with E-state index < -0.39 is 0 Å². The van der Waals surface area contributed by atoms with E-state index in [0.29, 0.717) is 17.9 Å². The fourth-order valence-electron chi connectivity index (χ4n) is 2.09. The van der Waals surface area contributed by atoms with Gasteiger partial charge in [-0.1, -0.05) is 6.92 Å². The molecule has 0 radical (unpaired) electrons. The van der Waals surface area contributed by atoms with Crippen LogP contribution in [0.15, 0.2) is 18.2 Å². The molecular formula is C16H27N3O2. The van der Waals surface area contributed by atoms with E-state index in [2.05, 4.69) is 30.8 Å². The summed E-state index contributed by atoms with van der Waals surface area (Å²) in [5.41, 5.74) is 7.80. The Bertz CT molecular complexity index is 461. The molecule has 0 atom stereocenters. The maximum Gasteiger partial charge on any atom is 0.340 e. The molecule has 5 nitrogen and oxygen atoms in total. The second-order valence-electron chi connectivity index (χ2n) is 5.28. The summed E-state index contributed by atoms with van der Waals surface area (Å²) in [6, 6.07) is 5.57. The molecule has 0 aliphatic heterocycles. The van der Waals surface area contributed by atoms with Gasteiger partial charge in [-0.25, -0.2) is 4.79 Å². The number of nitrogen functional groups attached to an aromatic ring is 1. The summed E-state index contributed by atoms with van der Waals surface area (Å²) in [5.74, 6) is -0.360. The highest BCUT2D eigenvalue weighted by Crippen LogP contribution is 2.22. The van der Waals surface area contributed by atoms with E-state index in [1.54, 1.807) is 13.0 Å². The molecule has 0 aromatic heterocycles. The zero-order chi connectivity index (χ0) is 15.8. The lowest BCUT2D eigenvalue weighted by atomic mass is 10.1. The Hall–Kier alpha value is -1.75. The lowest BCUT2D eigenvalue weighted by Crippen LogP contribution is -2.32. The van der Waals surface area contributed by atoms with E-state index in [-0.39, 0.29) is 5.97 Å². The van der Waals surface area contributed by atoms with E-state index in [4.69, 9.17) is 10.5 Å². The van der Waals surface area contributed by atoms with Gasteiger partial charge in [0.2, 0.25) is 0 Å². The van der Waals surface area contributed by atoms with Crippen molar-refractivity contribution in [3.05, 3.63) is 23.8 Å². The van der Waals surface area contributed by atoms with E-state index >= 15 is 0 Å². The highest BCUT2D eigenvalue weighted by atomic mass is 16.5. The third kappa shape index (κ3) is 5.27. The lowest BCUT2D eigenvalue weighted by molar-refractivity contribution is 0.0527. The van der Waals surface area contributed by atoms with E-state index in [9.17, 15) is 4.79 Å². The molecule has 0 spiro atoms. The summed E-state index contributed by atoms with van der Waals surface area (Å²) < 4.78 is 5.06. The van der Waals surface area contributed by atoms with Gasteiger partial charge in [0.1, 0.15) is 0 Å². The van der Waals surface area contributed by atoms with Crippen LogP contribution in [0.25, 0.3) is 0 Å². The molecule has 1 aromatic rings. The highest BCUT2D eigenvalue weighted by Gasteiger charge is 2.14. The van der Waals surface area contributed by atoms with Crippen LogP contribution in [-0.2, 0) is 4.74 Å². The third-order valence-electron chi connectivity index (χ3n) is 3.21. The molecule has 0 aliphatic rings. The molecule has 21 heavy (non-hydrogen) atoms. The Balaban J connectivity index is 2.97. The van der Waals surface area contributed by atoms with Crippen LogP contribution in [0.3, 0.4) is 0 Å². The number of nitrogens with two attached hydrogens (primary N) is 1. The van der Waals surface area contributed by atoms with Crippen LogP contribution in [0.1, 0.15) is 30.6 Å². The van der Waals surface area contributed by atoms with Gasteiger partial charge in [-0.05, 0) is 45.6 Å². The summed E-state index contributed by atoms with van der Waals surface area (Å²) in [6.07, 6.45) is 1.05. The number of esters is 1. The van der Waals surface area contributed by atoms with Crippen molar-refractivity contribution in [2.75, 3.05) is 51.0 Å². The zero-order valence-corrected chi connectivity index (χ0v) is 13.6. The Kier molecular flexibility index (Phi) is 7.02. The van der Waals surface area contributed by atoms with Crippen LogP contribution in [0.4, 0.5) is 11.4 Å². The fourth-order valence-corrected chi connectivity index (χ4v) is 2.09. The number of carbonyl (C=O) groups excluding carboxylic acids is 1. The SMILES string of the molecule is CCCN(CCN(C)C)c1ccc(N)c(C(=O)OCC)c1. The first-order chi connectivity index (χ1) is 9.99. The maximum absolute atomic E-state index is 11.9. The number of hydrogen-bond donors (Lipinski definition) is 1. The first kappa shape index (κ1) is 17.3. The Labute approximate surface area is 127 Å². The van der Waals surface area contributed by atoms with Crippen molar-refractivity contribution < 1.29 is 9.53 Å². The molecule has 118 valence electrons. The molecule has 2 N–H and O–H groups in total. The van der Waals surface area contributed by atoms with Crippen LogP contribution in [0.2, 0.25) is 0 Å². The smallest absolute Gasteiger partial charge is 0.340 e. The summed E-state index contributed by atoms with van der Waals surface area (Å²) in [5, 5.41) is 0. The van der Waals surface area contributed by atoms with Gasteiger partial charge in [0, 0.05) is 31.0 Å². The number of anilines is 2. The van der Waals surface area contributed by atoms with E-state index in [1.165, 1.54) is 0 Å². The van der Waals surface area contributed by atoms with Gasteiger partial charge in [0.05, 0.1) is 12.2 Å². The minimum absolute atomic E-state index is 0.349. The molecule has 0 aliphatic carbocycles. The Morgan fingerprint density at radius 1 is 1.19 bits per heavy atom. The van der Waals surface area contributed by atoms with Crippen LogP contribution in [0, 0.1) is 0 Å². The Morgan fingerprint density at radius 3 is 2.48 bits per heavy atom. The summed E-state index contributed by atoms with van der Waals surface area (Å²) in [6.45, 7) is 7.10. The maximum atomic E-state index is 11.9. The minimum Gasteiger partial charge on any atom is -0.462 e. The van der Waals surface area contributed by atoms with Gasteiger partial charge in [-0.2, -0.15) is 0 Å². The van der Waals surface area contributed by atoms with Crippen molar-refractivity contribution in [3.63, 3.8) is 0 Å². The van der Waals surface area contributed by atoms with Crippen molar-refractivity contribution in [2.24, 2.45) is 0 Å². The second kappa shape index (κ2) is 8.52. The average molecular weight is 293 g/mol. The third-order valence-corrected chi connectivity index (χ3v) is 3.21. The molecular weight excluding hydrogens is 266 g/mol. The Morgan fingerprint density at radius 2 is 1.90 bits per heavy atom. The van der Waals surface area contributed by atoms with Crippen molar-refractivity contribution in [2.45, 2.75) is 20.3 Å². The molecule has 0 amide bonds. The van der Waals surface area contributed by atoms with Crippen molar-refractivity contribution in [1.29, 1.82) is 0 Å². The number of rotatable bonds is 8. The number of benzene rings is 1. The van der Waals surface area contributed by atoms with Gasteiger partial charge in [-0.3, -0.25) is 0 Å². The first-order valence-corrected chi connectivity index (χ1v) is 7.45. The van der Waals surface area contributed by atoms with Crippen LogP contribution in [-0.4, -0.2) is 51.2 Å². The van der Waals surface area contributed by atoms with Crippen molar-refractivity contribution in [3.8, 4) is 0 Å². The zero-order valence-electron chi connectivity index (χ0n) is 13.6. The predicted molar refractivity (Wildman–Crippen MR) is 87.9 cm³/mol. The van der Waals surface area contributed by atoms with Gasteiger partial charge >= 0.3 is 5.97 Å². The highest BCUT2D eigenvalue weighted by molar-refractivity contribution is 5.96. The van der Waals surface area contributed by atoms with E-state index in [0.717, 1.165) is 31.7 Å². The van der Waals surface area contributed by atoms with Crippen LogP contribution < -0.4 is 10.6 Å². The quantitative estimate of drug-likeness (QED) is 0.588. The van der Waals surface area contributed by atoms with Gasteiger partial charge < -0.3 is 20.3 Å². The molecule has 0 saturated heterocycles. The average Bonchev–Trinajstić information content (AvgIpc) is 2.44. The van der Waals surface area contributed by atoms with Gasteiger partial charge in [0.15, 0.2) is 0 Å². The van der Waals surface area contributed by atoms with Crippen LogP contribution >= 0.6 is 0 Å². The summed E-state index contributed by atoms with van der Waals surface area (Å²) >= 11 is 0. The number of likely N-dealkylation sites (N-methyl/N-ethyl adjacent to an activating group) is 1. The molecule has 0 fully saturated rings. The normalized spacial score (nSPS) is 10.7. The summed E-state index contributed by atoms with van der Waals surface area (Å²) in [7, 11) is 4.11. The molecule has 1 aromatic carbocycles. The standard InChI is InChI=1S/C16H27N3O2/c1-5-9-19(11-10-18(3)4)13-7-8-15(17)14(12-13)16(20)21-6-2/h7-8,12H,5-6,9-11,17H2,1-4H3. The minimum atomic E-state index is -0.360. The number of nitrogens with zero attached hydrogens (tertiary/aromatic N) is 2. The largest absolute Gasteiger partial charge is 0.462 e. The van der Waals surface area contributed by atoms with Crippen LogP contribution in [0.5, 0.6) is 0 Å². The first-order valence-electron chi connectivity index (χ1n) is 7.45. The number of ether oxygens (including phenoxy) is 1.